The molecule has 0 aliphatic heterocycles. The van der Waals surface area contributed by atoms with Gasteiger partial charge in [0, 0.05) is 22.7 Å². The number of nitrogens with zero attached hydrogens (tertiary/aromatic N) is 1. The molecule has 0 unspecified atom stereocenters. The summed E-state index contributed by atoms with van der Waals surface area (Å²) in [4.78, 5) is 24.3. The molecule has 0 aliphatic rings. The van der Waals surface area contributed by atoms with Crippen molar-refractivity contribution in [1.29, 1.82) is 0 Å². The van der Waals surface area contributed by atoms with Gasteiger partial charge in [0.1, 0.15) is 12.3 Å². The quantitative estimate of drug-likeness (QED) is 0.791. The number of carbonyl (C=O) groups excluding carboxylic acids is 1. The number of fused-ring (bicyclic) bond motifs is 1. The Bertz CT molecular complexity index is 966. The van der Waals surface area contributed by atoms with Gasteiger partial charge in [0.05, 0.1) is 18.3 Å². The fourth-order valence-electron chi connectivity index (χ4n) is 2.51. The summed E-state index contributed by atoms with van der Waals surface area (Å²) >= 11 is 6.02. The van der Waals surface area contributed by atoms with Gasteiger partial charge in [-0.25, -0.2) is 0 Å². The molecule has 0 spiro atoms. The topological polar surface area (TPSA) is 60.3 Å². The molecular weight excluding hydrogens is 328 g/mol. The highest BCUT2D eigenvalue weighted by atomic mass is 35.5. The van der Waals surface area contributed by atoms with Crippen molar-refractivity contribution in [1.82, 2.24) is 4.57 Å². The minimum absolute atomic E-state index is 0.0508. The maximum Gasteiger partial charge on any atom is 0.244 e. The molecule has 1 heterocycles. The molecule has 0 radical (unpaired) electrons. The lowest BCUT2D eigenvalue weighted by atomic mass is 10.2. The number of anilines is 1. The molecule has 24 heavy (non-hydrogen) atoms. The molecule has 3 aromatic rings. The lowest BCUT2D eigenvalue weighted by Gasteiger charge is -2.13. The molecule has 6 heteroatoms. The summed E-state index contributed by atoms with van der Waals surface area (Å²) in [5.74, 6) is 0.350. The molecular formula is C18H15ClN2O3. The van der Waals surface area contributed by atoms with Gasteiger partial charge < -0.3 is 14.6 Å². The molecule has 1 aromatic heterocycles. The van der Waals surface area contributed by atoms with E-state index in [1.54, 1.807) is 48.2 Å². The molecule has 0 saturated carbocycles. The number of ether oxygens (including phenoxy) is 1. The van der Waals surface area contributed by atoms with E-state index in [9.17, 15) is 9.59 Å². The van der Waals surface area contributed by atoms with Crippen molar-refractivity contribution in [3.63, 3.8) is 0 Å². The zero-order valence-electron chi connectivity index (χ0n) is 13.0. The van der Waals surface area contributed by atoms with Gasteiger partial charge in [-0.15, -0.1) is 0 Å². The first-order chi connectivity index (χ1) is 11.6. The fourth-order valence-corrected chi connectivity index (χ4v) is 2.68. The number of para-hydroxylation sites is 2. The molecule has 2 aromatic carbocycles. The van der Waals surface area contributed by atoms with Gasteiger partial charge in [-0.05, 0) is 30.3 Å². The number of benzene rings is 2. The predicted molar refractivity (Wildman–Crippen MR) is 94.8 cm³/mol. The average molecular weight is 343 g/mol. The molecule has 0 saturated heterocycles. The Morgan fingerprint density at radius 1 is 1.21 bits per heavy atom. The highest BCUT2D eigenvalue weighted by Crippen LogP contribution is 2.23. The normalized spacial score (nSPS) is 10.6. The van der Waals surface area contributed by atoms with Crippen molar-refractivity contribution in [2.24, 2.45) is 0 Å². The second-order valence-electron chi connectivity index (χ2n) is 5.22. The van der Waals surface area contributed by atoms with Gasteiger partial charge in [-0.2, -0.15) is 0 Å². The van der Waals surface area contributed by atoms with Crippen molar-refractivity contribution in [2.75, 3.05) is 12.4 Å². The van der Waals surface area contributed by atoms with E-state index in [-0.39, 0.29) is 17.9 Å². The Balaban J connectivity index is 1.90. The lowest BCUT2D eigenvalue weighted by Crippen LogP contribution is -2.20. The van der Waals surface area contributed by atoms with Crippen LogP contribution >= 0.6 is 11.6 Å². The van der Waals surface area contributed by atoms with Crippen molar-refractivity contribution in [3.8, 4) is 5.75 Å². The maximum atomic E-state index is 12.4. The summed E-state index contributed by atoms with van der Waals surface area (Å²) in [6, 6.07) is 13.6. The highest BCUT2D eigenvalue weighted by molar-refractivity contribution is 6.31. The first-order valence-electron chi connectivity index (χ1n) is 7.30. The molecule has 5 nitrogen and oxygen atoms in total. The van der Waals surface area contributed by atoms with E-state index < -0.39 is 0 Å². The first kappa shape index (κ1) is 16.1. The molecule has 3 rings (SSSR count). The van der Waals surface area contributed by atoms with Gasteiger partial charge >= 0.3 is 0 Å². The van der Waals surface area contributed by atoms with Gasteiger partial charge in [0.15, 0.2) is 5.43 Å². The molecule has 0 atom stereocenters. The van der Waals surface area contributed by atoms with Crippen LogP contribution in [0.1, 0.15) is 0 Å². The Labute approximate surface area is 143 Å². The van der Waals surface area contributed by atoms with Crippen LogP contribution in [0.25, 0.3) is 10.9 Å². The standard InChI is InChI=1S/C18H15ClN2O3/c1-24-17-5-3-2-4-14(17)20-18(23)11-21-9-8-16(22)13-7-6-12(19)10-15(13)21/h2-10H,11H2,1H3,(H,20,23). The number of methoxy groups -OCH3 is 1. The molecule has 0 fully saturated rings. The van der Waals surface area contributed by atoms with E-state index in [1.807, 2.05) is 12.1 Å². The summed E-state index contributed by atoms with van der Waals surface area (Å²) in [6.07, 6.45) is 1.59. The van der Waals surface area contributed by atoms with E-state index in [1.165, 1.54) is 6.07 Å². The van der Waals surface area contributed by atoms with Crippen molar-refractivity contribution < 1.29 is 9.53 Å². The Morgan fingerprint density at radius 3 is 2.79 bits per heavy atom. The van der Waals surface area contributed by atoms with Crippen LogP contribution in [0.2, 0.25) is 5.02 Å². The zero-order chi connectivity index (χ0) is 17.1. The Hall–Kier alpha value is -2.79. The lowest BCUT2D eigenvalue weighted by molar-refractivity contribution is -0.116. The summed E-state index contributed by atoms with van der Waals surface area (Å²) in [7, 11) is 1.54. The van der Waals surface area contributed by atoms with E-state index >= 15 is 0 Å². The van der Waals surface area contributed by atoms with Gasteiger partial charge in [-0.1, -0.05) is 23.7 Å². The third-order valence-electron chi connectivity index (χ3n) is 3.64. The summed E-state index contributed by atoms with van der Waals surface area (Å²) < 4.78 is 6.91. The SMILES string of the molecule is COc1ccccc1NC(=O)Cn1ccc(=O)c2ccc(Cl)cc21. The number of halogens is 1. The third-order valence-corrected chi connectivity index (χ3v) is 3.87. The van der Waals surface area contributed by atoms with Crippen LogP contribution < -0.4 is 15.5 Å². The number of nitrogens with one attached hydrogen (secondary N) is 1. The number of aromatic nitrogens is 1. The summed E-state index contributed by atoms with van der Waals surface area (Å²) in [6.45, 7) is 0.0508. The first-order valence-corrected chi connectivity index (χ1v) is 7.68. The monoisotopic (exact) mass is 342 g/mol. The van der Waals surface area contributed by atoms with E-state index in [0.29, 0.717) is 27.4 Å². The minimum Gasteiger partial charge on any atom is -0.495 e. The second-order valence-corrected chi connectivity index (χ2v) is 5.65. The number of amides is 1. The number of carbonyl (C=O) groups is 1. The second kappa shape index (κ2) is 6.76. The number of hydrogen-bond acceptors (Lipinski definition) is 3. The van der Waals surface area contributed by atoms with Crippen LogP contribution in [0.5, 0.6) is 5.75 Å². The van der Waals surface area contributed by atoms with Crippen LogP contribution in [0.15, 0.2) is 59.5 Å². The molecule has 1 N–H and O–H groups in total. The zero-order valence-corrected chi connectivity index (χ0v) is 13.7. The van der Waals surface area contributed by atoms with Crippen LogP contribution in [0.3, 0.4) is 0 Å². The number of hydrogen-bond donors (Lipinski definition) is 1. The average Bonchev–Trinajstić information content (AvgIpc) is 2.58. The van der Waals surface area contributed by atoms with Crippen molar-refractivity contribution >= 4 is 34.1 Å². The Morgan fingerprint density at radius 2 is 2.00 bits per heavy atom. The number of rotatable bonds is 4. The fraction of sp³-hybridized carbons (Fsp3) is 0.111. The van der Waals surface area contributed by atoms with Crippen LogP contribution in [-0.2, 0) is 11.3 Å². The van der Waals surface area contributed by atoms with Crippen LogP contribution in [0.4, 0.5) is 5.69 Å². The largest absolute Gasteiger partial charge is 0.495 e. The molecule has 0 aliphatic carbocycles. The predicted octanol–water partition coefficient (Wildman–Crippen LogP) is 3.30. The summed E-state index contributed by atoms with van der Waals surface area (Å²) in [5.41, 5.74) is 1.10. The third kappa shape index (κ3) is 3.26. The molecule has 1 amide bonds. The van der Waals surface area contributed by atoms with Gasteiger partial charge in [-0.3, -0.25) is 9.59 Å². The van der Waals surface area contributed by atoms with Crippen LogP contribution in [-0.4, -0.2) is 17.6 Å². The minimum atomic E-state index is -0.232. The van der Waals surface area contributed by atoms with Crippen molar-refractivity contribution in [3.05, 3.63) is 70.0 Å². The van der Waals surface area contributed by atoms with E-state index in [2.05, 4.69) is 5.32 Å². The Kier molecular flexibility index (Phi) is 4.53. The maximum absolute atomic E-state index is 12.4. The molecule has 122 valence electrons. The molecule has 0 bridgehead atoms. The smallest absolute Gasteiger partial charge is 0.244 e. The van der Waals surface area contributed by atoms with Gasteiger partial charge in [0.2, 0.25) is 5.91 Å². The van der Waals surface area contributed by atoms with Crippen molar-refractivity contribution in [2.45, 2.75) is 6.54 Å². The number of pyridine rings is 1. The van der Waals surface area contributed by atoms with Gasteiger partial charge in [0.25, 0.3) is 0 Å². The summed E-state index contributed by atoms with van der Waals surface area (Å²) in [5, 5.41) is 3.83. The van der Waals surface area contributed by atoms with E-state index in [4.69, 9.17) is 16.3 Å². The van der Waals surface area contributed by atoms with Crippen LogP contribution in [0, 0.1) is 0 Å². The highest BCUT2D eigenvalue weighted by Gasteiger charge is 2.10. The van der Waals surface area contributed by atoms with E-state index in [0.717, 1.165) is 0 Å².